The number of hydrogen-bond donors (Lipinski definition) is 1. The lowest BCUT2D eigenvalue weighted by Gasteiger charge is -2.26. The normalized spacial score (nSPS) is 15.3. The first-order valence-corrected chi connectivity index (χ1v) is 10.9. The Labute approximate surface area is 178 Å². The number of benzene rings is 1. The van der Waals surface area contributed by atoms with Crippen LogP contribution in [0.2, 0.25) is 10.0 Å². The third kappa shape index (κ3) is 4.49. The molecule has 0 atom stereocenters. The van der Waals surface area contributed by atoms with Gasteiger partial charge in [-0.3, -0.25) is 15.0 Å². The number of ether oxygens (including phenoxy) is 1. The van der Waals surface area contributed by atoms with E-state index >= 15 is 0 Å². The van der Waals surface area contributed by atoms with Gasteiger partial charge in [-0.15, -0.1) is 0 Å². The second-order valence-electron chi connectivity index (χ2n) is 6.57. The number of pyridine rings is 1. The molecule has 0 radical (unpaired) electrons. The number of aryl methyl sites for hydroxylation is 2. The zero-order valence-electron chi connectivity index (χ0n) is 15.7. The van der Waals surface area contributed by atoms with Crippen LogP contribution in [0, 0.1) is 13.8 Å². The number of carbonyl (C=O) groups excluding carboxylic acids is 1. The van der Waals surface area contributed by atoms with Gasteiger partial charge in [0, 0.05) is 24.8 Å². The largest absolute Gasteiger partial charge is 0.379 e. The van der Waals surface area contributed by atoms with E-state index in [1.54, 1.807) is 19.9 Å². The van der Waals surface area contributed by atoms with Crippen LogP contribution in [0.1, 0.15) is 21.6 Å². The van der Waals surface area contributed by atoms with Gasteiger partial charge < -0.3 is 4.74 Å². The maximum atomic E-state index is 13.0. The van der Waals surface area contributed by atoms with Crippen molar-refractivity contribution in [2.45, 2.75) is 18.7 Å². The molecule has 1 aliphatic rings. The quantitative estimate of drug-likeness (QED) is 0.755. The summed E-state index contributed by atoms with van der Waals surface area (Å²) < 4.78 is 33.4. The molecule has 1 fully saturated rings. The average Bonchev–Trinajstić information content (AvgIpc) is 2.65. The van der Waals surface area contributed by atoms with Gasteiger partial charge in [0.15, 0.2) is 0 Å². The zero-order chi connectivity index (χ0) is 21.3. The highest BCUT2D eigenvalue weighted by atomic mass is 35.5. The van der Waals surface area contributed by atoms with Crippen LogP contribution in [-0.2, 0) is 14.8 Å². The summed E-state index contributed by atoms with van der Waals surface area (Å²) in [6.45, 7) is 4.33. The summed E-state index contributed by atoms with van der Waals surface area (Å²) in [5, 5.41) is -0.132. The van der Waals surface area contributed by atoms with Crippen molar-refractivity contribution >= 4 is 39.1 Å². The molecule has 0 aliphatic carbocycles. The Morgan fingerprint density at radius 2 is 1.72 bits per heavy atom. The highest BCUT2D eigenvalue weighted by molar-refractivity contribution is 7.89. The Balaban J connectivity index is 1.99. The van der Waals surface area contributed by atoms with E-state index in [4.69, 9.17) is 27.9 Å². The molecule has 29 heavy (non-hydrogen) atoms. The molecule has 1 aromatic carbocycles. The van der Waals surface area contributed by atoms with Crippen molar-refractivity contribution < 1.29 is 17.9 Å². The van der Waals surface area contributed by atoms with E-state index in [0.717, 1.165) is 16.3 Å². The van der Waals surface area contributed by atoms with Gasteiger partial charge in [0.25, 0.3) is 11.5 Å². The molecule has 3 rings (SSSR count). The molecule has 2 aromatic rings. The van der Waals surface area contributed by atoms with Crippen LogP contribution in [0.25, 0.3) is 0 Å². The molecule has 0 bridgehead atoms. The average molecular weight is 460 g/mol. The number of halogens is 2. The molecule has 2 heterocycles. The molecule has 11 heteroatoms. The smallest absolute Gasteiger partial charge is 0.271 e. The third-order valence-corrected chi connectivity index (χ3v) is 7.10. The van der Waals surface area contributed by atoms with E-state index in [1.807, 2.05) is 0 Å². The molecular formula is C18H19Cl2N3O5S. The Morgan fingerprint density at radius 1 is 1.07 bits per heavy atom. The van der Waals surface area contributed by atoms with Crippen LogP contribution in [0.5, 0.6) is 0 Å². The van der Waals surface area contributed by atoms with Crippen LogP contribution in [0.15, 0.2) is 34.0 Å². The summed E-state index contributed by atoms with van der Waals surface area (Å²) in [7, 11) is -3.95. The summed E-state index contributed by atoms with van der Waals surface area (Å²) in [5.74, 6) is -0.737. The summed E-state index contributed by atoms with van der Waals surface area (Å²) in [5.41, 5.74) is 3.17. The minimum Gasteiger partial charge on any atom is -0.379 e. The van der Waals surface area contributed by atoms with Crippen LogP contribution < -0.4 is 11.0 Å². The van der Waals surface area contributed by atoms with Gasteiger partial charge in [-0.2, -0.15) is 4.31 Å². The molecule has 1 saturated heterocycles. The van der Waals surface area contributed by atoms with E-state index in [0.29, 0.717) is 5.69 Å². The molecule has 1 aromatic heterocycles. The molecule has 1 N–H and O–H groups in total. The van der Waals surface area contributed by atoms with Crippen molar-refractivity contribution in [3.05, 3.63) is 61.5 Å². The molecule has 0 unspecified atom stereocenters. The first-order valence-electron chi connectivity index (χ1n) is 8.70. The van der Waals surface area contributed by atoms with E-state index in [1.165, 1.54) is 16.4 Å². The summed E-state index contributed by atoms with van der Waals surface area (Å²) >= 11 is 12.3. The van der Waals surface area contributed by atoms with Crippen LogP contribution in [0.3, 0.4) is 0 Å². The molecule has 156 valence electrons. The standard InChI is InChI=1S/C18H19Cl2N3O5S/c1-11-7-12(2)23(17(24)8-11)21-18(25)13-9-16(15(20)10-14(13)19)29(26,27)22-3-5-28-6-4-22/h7-10H,3-6H2,1-2H3,(H,21,25). The van der Waals surface area contributed by atoms with Crippen molar-refractivity contribution in [3.8, 4) is 0 Å². The SMILES string of the molecule is Cc1cc(C)n(NC(=O)c2cc(S(=O)(=O)N3CCOCC3)c(Cl)cc2Cl)c(=O)c1. The van der Waals surface area contributed by atoms with Crippen molar-refractivity contribution in [2.24, 2.45) is 0 Å². The molecule has 1 amide bonds. The minimum atomic E-state index is -3.95. The van der Waals surface area contributed by atoms with Crippen LogP contribution in [0.4, 0.5) is 0 Å². The number of carbonyl (C=O) groups is 1. The van der Waals surface area contributed by atoms with E-state index < -0.39 is 21.5 Å². The van der Waals surface area contributed by atoms with E-state index in [2.05, 4.69) is 5.43 Å². The van der Waals surface area contributed by atoms with Crippen molar-refractivity contribution in [1.82, 2.24) is 8.98 Å². The predicted molar refractivity (Wildman–Crippen MR) is 110 cm³/mol. The Morgan fingerprint density at radius 3 is 2.34 bits per heavy atom. The second kappa shape index (κ2) is 8.45. The number of nitrogens with zero attached hydrogens (tertiary/aromatic N) is 2. The highest BCUT2D eigenvalue weighted by Gasteiger charge is 2.30. The number of sulfonamides is 1. The maximum Gasteiger partial charge on any atom is 0.271 e. The summed E-state index contributed by atoms with van der Waals surface area (Å²) in [4.78, 5) is 24.7. The first kappa shape index (κ1) is 21.8. The van der Waals surface area contributed by atoms with Gasteiger partial charge in [0.2, 0.25) is 10.0 Å². The van der Waals surface area contributed by atoms with E-state index in [-0.39, 0.29) is 46.8 Å². The van der Waals surface area contributed by atoms with Crippen molar-refractivity contribution in [3.63, 3.8) is 0 Å². The van der Waals surface area contributed by atoms with Gasteiger partial charge >= 0.3 is 0 Å². The van der Waals surface area contributed by atoms with Gasteiger partial charge in [0.05, 0.1) is 28.8 Å². The molecule has 1 aliphatic heterocycles. The van der Waals surface area contributed by atoms with Crippen LogP contribution >= 0.6 is 23.2 Å². The lowest BCUT2D eigenvalue weighted by Crippen LogP contribution is -2.40. The van der Waals surface area contributed by atoms with Crippen molar-refractivity contribution in [1.29, 1.82) is 0 Å². The Hall–Kier alpha value is -1.91. The predicted octanol–water partition coefficient (Wildman–Crippen LogP) is 2.18. The van der Waals surface area contributed by atoms with Gasteiger partial charge in [0.1, 0.15) is 4.90 Å². The lowest BCUT2D eigenvalue weighted by molar-refractivity contribution is 0.0730. The molecule has 0 spiro atoms. The third-order valence-electron chi connectivity index (χ3n) is 4.43. The lowest BCUT2D eigenvalue weighted by atomic mass is 10.2. The summed E-state index contributed by atoms with van der Waals surface area (Å²) in [6, 6.07) is 5.42. The number of rotatable bonds is 4. The maximum absolute atomic E-state index is 13.0. The molecule has 8 nitrogen and oxygen atoms in total. The van der Waals surface area contributed by atoms with E-state index in [9.17, 15) is 18.0 Å². The Kier molecular flexibility index (Phi) is 6.35. The fourth-order valence-electron chi connectivity index (χ4n) is 3.00. The fraction of sp³-hybridized carbons (Fsp3) is 0.333. The van der Waals surface area contributed by atoms with Gasteiger partial charge in [-0.25, -0.2) is 13.1 Å². The fourth-order valence-corrected chi connectivity index (χ4v) is 5.24. The second-order valence-corrected chi connectivity index (χ2v) is 9.29. The topological polar surface area (TPSA) is 97.7 Å². The zero-order valence-corrected chi connectivity index (χ0v) is 18.1. The number of aromatic nitrogens is 1. The van der Waals surface area contributed by atoms with Gasteiger partial charge in [-0.1, -0.05) is 23.2 Å². The first-order chi connectivity index (χ1) is 13.6. The van der Waals surface area contributed by atoms with Gasteiger partial charge in [-0.05, 0) is 37.6 Å². The van der Waals surface area contributed by atoms with Crippen molar-refractivity contribution in [2.75, 3.05) is 31.7 Å². The summed E-state index contributed by atoms with van der Waals surface area (Å²) in [6.07, 6.45) is 0. The number of nitrogens with one attached hydrogen (secondary N) is 1. The number of morpholine rings is 1. The number of amides is 1. The molecular weight excluding hydrogens is 441 g/mol. The molecule has 0 saturated carbocycles. The highest BCUT2D eigenvalue weighted by Crippen LogP contribution is 2.31. The van der Waals surface area contributed by atoms with Crippen LogP contribution in [-0.4, -0.2) is 49.6 Å². The Bertz CT molecular complexity index is 1130. The number of hydrogen-bond acceptors (Lipinski definition) is 5. The monoisotopic (exact) mass is 459 g/mol. The minimum absolute atomic E-state index is 0.0359.